The molecule has 1 aromatic heterocycles. The van der Waals surface area contributed by atoms with E-state index in [1.807, 2.05) is 0 Å². The van der Waals surface area contributed by atoms with E-state index in [1.165, 1.54) is 0 Å². The largest absolute Gasteiger partial charge is 0.481 e. The first-order valence-electron chi connectivity index (χ1n) is 6.77. The van der Waals surface area contributed by atoms with Crippen molar-refractivity contribution in [3.05, 3.63) is 0 Å². The SMILES string of the molecule is O=C(O)CCN(CO)c1nc(N(CO)CO)nc(N(CO)CO)n1. The average molecular weight is 348 g/mol. The summed E-state index contributed by atoms with van der Waals surface area (Å²) >= 11 is 0. The fourth-order valence-electron chi connectivity index (χ4n) is 1.57. The van der Waals surface area contributed by atoms with Gasteiger partial charge in [-0.25, -0.2) is 0 Å². The van der Waals surface area contributed by atoms with E-state index >= 15 is 0 Å². The average Bonchev–Trinajstić information content (AvgIpc) is 2.57. The first-order valence-corrected chi connectivity index (χ1v) is 6.77. The van der Waals surface area contributed by atoms with Crippen LogP contribution >= 0.6 is 0 Å². The fraction of sp³-hybridized carbons (Fsp3) is 0.636. The zero-order valence-corrected chi connectivity index (χ0v) is 12.7. The molecular formula is C11H20N6O7. The van der Waals surface area contributed by atoms with Gasteiger partial charge < -0.3 is 35.5 Å². The number of rotatable bonds is 11. The van der Waals surface area contributed by atoms with E-state index in [2.05, 4.69) is 15.0 Å². The van der Waals surface area contributed by atoms with Gasteiger partial charge in [0.15, 0.2) is 0 Å². The molecule has 0 bridgehead atoms. The zero-order valence-electron chi connectivity index (χ0n) is 12.7. The Morgan fingerprint density at radius 3 is 1.33 bits per heavy atom. The Labute approximate surface area is 136 Å². The number of aliphatic hydroxyl groups excluding tert-OH is 5. The highest BCUT2D eigenvalue weighted by atomic mass is 16.4. The summed E-state index contributed by atoms with van der Waals surface area (Å²) in [5.74, 6) is -1.64. The molecule has 0 amide bonds. The van der Waals surface area contributed by atoms with Crippen LogP contribution in [0, 0.1) is 0 Å². The highest BCUT2D eigenvalue weighted by molar-refractivity contribution is 5.67. The molecule has 0 unspecified atom stereocenters. The van der Waals surface area contributed by atoms with Crippen molar-refractivity contribution in [3.63, 3.8) is 0 Å². The molecule has 0 saturated heterocycles. The molecule has 0 aliphatic rings. The van der Waals surface area contributed by atoms with Crippen molar-refractivity contribution in [3.8, 4) is 0 Å². The van der Waals surface area contributed by atoms with Crippen LogP contribution in [0.4, 0.5) is 17.8 Å². The number of hydrogen-bond acceptors (Lipinski definition) is 12. The maximum absolute atomic E-state index is 10.7. The molecule has 0 radical (unpaired) electrons. The Bertz CT molecular complexity index is 495. The van der Waals surface area contributed by atoms with Crippen LogP contribution in [-0.2, 0) is 4.79 Å². The molecule has 13 nitrogen and oxygen atoms in total. The molecule has 6 N–H and O–H groups in total. The summed E-state index contributed by atoms with van der Waals surface area (Å²) in [6.45, 7) is -3.26. The van der Waals surface area contributed by atoms with Crippen LogP contribution in [0.1, 0.15) is 6.42 Å². The number of aliphatic hydroxyl groups is 5. The van der Waals surface area contributed by atoms with E-state index in [-0.39, 0.29) is 30.8 Å². The van der Waals surface area contributed by atoms with Gasteiger partial charge >= 0.3 is 5.97 Å². The quantitative estimate of drug-likeness (QED) is 0.216. The predicted octanol–water partition coefficient (Wildman–Crippen LogP) is -3.49. The standard InChI is InChI=1S/C11H20N6O7/c18-3-15(2-1-8(23)24)9-12-10(16(4-19)5-20)14-11(13-9)17(6-21)7-22/h18-22H,1-7H2,(H,23,24). The molecule has 0 fully saturated rings. The van der Waals surface area contributed by atoms with Crippen molar-refractivity contribution in [2.24, 2.45) is 0 Å². The lowest BCUT2D eigenvalue weighted by Gasteiger charge is -2.25. The Morgan fingerprint density at radius 2 is 1.04 bits per heavy atom. The second-order valence-corrected chi connectivity index (χ2v) is 4.43. The number of carboxylic acid groups (broad SMARTS) is 1. The second-order valence-electron chi connectivity index (χ2n) is 4.43. The molecule has 0 atom stereocenters. The molecule has 13 heteroatoms. The van der Waals surface area contributed by atoms with Crippen molar-refractivity contribution in [1.82, 2.24) is 15.0 Å². The van der Waals surface area contributed by atoms with E-state index in [0.29, 0.717) is 0 Å². The number of carboxylic acids is 1. The molecular weight excluding hydrogens is 328 g/mol. The predicted molar refractivity (Wildman–Crippen MR) is 79.8 cm³/mol. The number of nitrogens with zero attached hydrogens (tertiary/aromatic N) is 6. The number of aromatic nitrogens is 3. The third-order valence-corrected chi connectivity index (χ3v) is 2.90. The first-order chi connectivity index (χ1) is 11.5. The maximum atomic E-state index is 10.7. The summed E-state index contributed by atoms with van der Waals surface area (Å²) in [7, 11) is 0. The molecule has 24 heavy (non-hydrogen) atoms. The van der Waals surface area contributed by atoms with Crippen molar-refractivity contribution in [2.45, 2.75) is 6.42 Å². The van der Waals surface area contributed by atoms with Crippen LogP contribution in [0.2, 0.25) is 0 Å². The molecule has 1 heterocycles. The minimum Gasteiger partial charge on any atom is -0.481 e. The summed E-state index contributed by atoms with van der Waals surface area (Å²) in [4.78, 5) is 25.4. The highest BCUT2D eigenvalue weighted by Crippen LogP contribution is 2.18. The summed E-state index contributed by atoms with van der Waals surface area (Å²) < 4.78 is 0. The van der Waals surface area contributed by atoms with Gasteiger partial charge in [-0.05, 0) is 0 Å². The van der Waals surface area contributed by atoms with Crippen LogP contribution in [0.25, 0.3) is 0 Å². The van der Waals surface area contributed by atoms with Gasteiger partial charge in [0.05, 0.1) is 6.42 Å². The van der Waals surface area contributed by atoms with E-state index in [9.17, 15) is 30.3 Å². The number of aliphatic carboxylic acids is 1. The molecule has 0 saturated carbocycles. The lowest BCUT2D eigenvalue weighted by Crippen LogP contribution is -2.34. The maximum Gasteiger partial charge on any atom is 0.305 e. The fourth-order valence-corrected chi connectivity index (χ4v) is 1.57. The zero-order chi connectivity index (χ0) is 18.1. The number of anilines is 3. The number of carbonyl (C=O) groups is 1. The third-order valence-electron chi connectivity index (χ3n) is 2.90. The van der Waals surface area contributed by atoms with Crippen molar-refractivity contribution >= 4 is 23.8 Å². The Hall–Kier alpha value is -2.32. The summed E-state index contributed by atoms with van der Waals surface area (Å²) in [6, 6.07) is 0. The Morgan fingerprint density at radius 1 is 0.708 bits per heavy atom. The van der Waals surface area contributed by atoms with Crippen molar-refractivity contribution in [1.29, 1.82) is 0 Å². The summed E-state index contributed by atoms with van der Waals surface area (Å²) in [5.41, 5.74) is 0. The number of hydrogen-bond donors (Lipinski definition) is 6. The van der Waals surface area contributed by atoms with E-state index in [4.69, 9.17) is 5.11 Å². The van der Waals surface area contributed by atoms with Crippen molar-refractivity contribution < 1.29 is 35.4 Å². The second kappa shape index (κ2) is 9.74. The topological polar surface area (TPSA) is 187 Å². The van der Waals surface area contributed by atoms with E-state index in [0.717, 1.165) is 14.7 Å². The molecule has 0 spiro atoms. The Balaban J connectivity index is 3.27. The minimum absolute atomic E-state index is 0.120. The van der Waals surface area contributed by atoms with Crippen LogP contribution < -0.4 is 14.7 Å². The normalized spacial score (nSPS) is 10.5. The molecule has 1 rings (SSSR count). The van der Waals surface area contributed by atoms with Gasteiger partial charge in [-0.2, -0.15) is 15.0 Å². The van der Waals surface area contributed by atoms with E-state index < -0.39 is 39.6 Å². The van der Waals surface area contributed by atoms with Gasteiger partial charge in [0, 0.05) is 6.54 Å². The van der Waals surface area contributed by atoms with Gasteiger partial charge in [0.1, 0.15) is 33.7 Å². The van der Waals surface area contributed by atoms with Crippen molar-refractivity contribution in [2.75, 3.05) is 54.9 Å². The molecule has 0 aliphatic heterocycles. The molecule has 0 aliphatic carbocycles. The summed E-state index contributed by atoms with van der Waals surface area (Å²) in [5, 5.41) is 54.9. The van der Waals surface area contributed by atoms with Crippen LogP contribution in [-0.4, -0.2) is 91.8 Å². The molecule has 136 valence electrons. The molecule has 1 aromatic rings. The monoisotopic (exact) mass is 348 g/mol. The van der Waals surface area contributed by atoms with E-state index in [1.54, 1.807) is 0 Å². The van der Waals surface area contributed by atoms with Gasteiger partial charge in [-0.1, -0.05) is 0 Å². The lowest BCUT2D eigenvalue weighted by molar-refractivity contribution is -0.136. The lowest BCUT2D eigenvalue weighted by atomic mass is 10.4. The van der Waals surface area contributed by atoms with Crippen LogP contribution in [0.5, 0.6) is 0 Å². The van der Waals surface area contributed by atoms with Gasteiger partial charge in [0.2, 0.25) is 17.8 Å². The Kier molecular flexibility index (Phi) is 8.00. The smallest absolute Gasteiger partial charge is 0.305 e. The summed E-state index contributed by atoms with van der Waals surface area (Å²) in [6.07, 6.45) is -0.301. The minimum atomic E-state index is -1.09. The van der Waals surface area contributed by atoms with Crippen LogP contribution in [0.15, 0.2) is 0 Å². The van der Waals surface area contributed by atoms with Gasteiger partial charge in [0.25, 0.3) is 0 Å². The third kappa shape index (κ3) is 5.10. The van der Waals surface area contributed by atoms with Gasteiger partial charge in [-0.3, -0.25) is 14.6 Å². The van der Waals surface area contributed by atoms with Crippen LogP contribution in [0.3, 0.4) is 0 Å². The first kappa shape index (κ1) is 19.7. The highest BCUT2D eigenvalue weighted by Gasteiger charge is 2.19. The molecule has 0 aromatic carbocycles. The van der Waals surface area contributed by atoms with Gasteiger partial charge in [-0.15, -0.1) is 0 Å².